The number of aromatic nitrogens is 3. The van der Waals surface area contributed by atoms with Gasteiger partial charge in [-0.3, -0.25) is 0 Å². The van der Waals surface area contributed by atoms with Crippen LogP contribution in [0.4, 0.5) is 5.82 Å². The summed E-state index contributed by atoms with van der Waals surface area (Å²) in [7, 11) is 1.99. The molecule has 2 aromatic heterocycles. The van der Waals surface area contributed by atoms with Crippen molar-refractivity contribution in [3.8, 4) is 0 Å². The molecule has 2 aromatic rings. The fourth-order valence-electron chi connectivity index (χ4n) is 1.79. The number of halogens is 1. The van der Waals surface area contributed by atoms with Crippen LogP contribution in [0.1, 0.15) is 12.6 Å². The Labute approximate surface area is 99.8 Å². The van der Waals surface area contributed by atoms with E-state index in [2.05, 4.69) is 10.1 Å². The molecule has 0 saturated carbocycles. The topological polar surface area (TPSA) is 33.4 Å². The Bertz CT molecular complexity index is 492. The molecule has 86 valence electrons. The molecule has 0 aliphatic carbocycles. The lowest BCUT2D eigenvalue weighted by Gasteiger charge is -2.19. The Morgan fingerprint density at radius 1 is 1.56 bits per heavy atom. The molecule has 0 fully saturated rings. The van der Waals surface area contributed by atoms with E-state index in [9.17, 15) is 0 Å². The van der Waals surface area contributed by atoms with Gasteiger partial charge in [0.25, 0.3) is 0 Å². The molecule has 0 amide bonds. The molecule has 2 heterocycles. The Morgan fingerprint density at radius 3 is 3.00 bits per heavy atom. The highest BCUT2D eigenvalue weighted by atomic mass is 35.5. The molecule has 1 atom stereocenters. The van der Waals surface area contributed by atoms with Gasteiger partial charge in [-0.2, -0.15) is 5.10 Å². The first-order chi connectivity index (χ1) is 7.58. The third kappa shape index (κ3) is 2.11. The summed E-state index contributed by atoms with van der Waals surface area (Å²) in [4.78, 5) is 6.43. The minimum absolute atomic E-state index is 0.0936. The average molecular weight is 239 g/mol. The SMILES string of the molecule is Cc1cc2c(N(C)CC(C)Cl)nccn2n1. The van der Waals surface area contributed by atoms with E-state index in [4.69, 9.17) is 11.6 Å². The summed E-state index contributed by atoms with van der Waals surface area (Å²) in [5.74, 6) is 0.913. The van der Waals surface area contributed by atoms with Crippen LogP contribution in [-0.2, 0) is 0 Å². The van der Waals surface area contributed by atoms with E-state index in [1.54, 1.807) is 6.20 Å². The Morgan fingerprint density at radius 2 is 2.31 bits per heavy atom. The molecule has 0 bridgehead atoms. The molecular formula is C11H15ClN4. The maximum Gasteiger partial charge on any atom is 0.154 e. The van der Waals surface area contributed by atoms with Gasteiger partial charge in [0.1, 0.15) is 5.52 Å². The van der Waals surface area contributed by atoms with Gasteiger partial charge >= 0.3 is 0 Å². The highest BCUT2D eigenvalue weighted by molar-refractivity contribution is 6.20. The van der Waals surface area contributed by atoms with E-state index in [1.165, 1.54) is 0 Å². The molecule has 0 radical (unpaired) electrons. The fourth-order valence-corrected chi connectivity index (χ4v) is 2.00. The number of rotatable bonds is 3. The van der Waals surface area contributed by atoms with Gasteiger partial charge in [-0.05, 0) is 19.9 Å². The molecule has 1 unspecified atom stereocenters. The second kappa shape index (κ2) is 4.29. The second-order valence-corrected chi connectivity index (χ2v) is 4.77. The summed E-state index contributed by atoms with van der Waals surface area (Å²) in [6, 6.07) is 2.03. The zero-order chi connectivity index (χ0) is 11.7. The summed E-state index contributed by atoms with van der Waals surface area (Å²) in [6.07, 6.45) is 3.61. The van der Waals surface area contributed by atoms with Crippen molar-refractivity contribution in [2.45, 2.75) is 19.2 Å². The highest BCUT2D eigenvalue weighted by Crippen LogP contribution is 2.18. The van der Waals surface area contributed by atoms with Crippen molar-refractivity contribution >= 4 is 22.9 Å². The van der Waals surface area contributed by atoms with Gasteiger partial charge in [0.2, 0.25) is 0 Å². The van der Waals surface area contributed by atoms with Crippen LogP contribution >= 0.6 is 11.6 Å². The maximum atomic E-state index is 5.99. The predicted octanol–water partition coefficient (Wildman–Crippen LogP) is 2.10. The van der Waals surface area contributed by atoms with E-state index in [0.29, 0.717) is 0 Å². The smallest absolute Gasteiger partial charge is 0.154 e. The van der Waals surface area contributed by atoms with Gasteiger partial charge in [0, 0.05) is 31.4 Å². The summed E-state index contributed by atoms with van der Waals surface area (Å²) < 4.78 is 1.84. The Hall–Kier alpha value is -1.29. The van der Waals surface area contributed by atoms with Crippen LogP contribution in [0, 0.1) is 6.92 Å². The molecule has 0 N–H and O–H groups in total. The number of fused-ring (bicyclic) bond motifs is 1. The molecule has 0 spiro atoms. The van der Waals surface area contributed by atoms with E-state index in [0.717, 1.165) is 23.6 Å². The van der Waals surface area contributed by atoms with Crippen LogP contribution in [0.2, 0.25) is 0 Å². The monoisotopic (exact) mass is 238 g/mol. The Kier molecular flexibility index (Phi) is 3.01. The number of aryl methyl sites for hydroxylation is 1. The molecule has 5 heteroatoms. The van der Waals surface area contributed by atoms with Crippen molar-refractivity contribution in [2.24, 2.45) is 0 Å². The van der Waals surface area contributed by atoms with Crippen molar-refractivity contribution in [3.63, 3.8) is 0 Å². The van der Waals surface area contributed by atoms with Crippen LogP contribution in [0.3, 0.4) is 0 Å². The fraction of sp³-hybridized carbons (Fsp3) is 0.455. The van der Waals surface area contributed by atoms with Gasteiger partial charge in [-0.25, -0.2) is 9.50 Å². The molecule has 0 saturated heterocycles. The van der Waals surface area contributed by atoms with Crippen molar-refractivity contribution < 1.29 is 0 Å². The van der Waals surface area contributed by atoms with Gasteiger partial charge in [0.05, 0.1) is 5.69 Å². The minimum Gasteiger partial charge on any atom is -0.356 e. The number of anilines is 1. The molecule has 0 aliphatic heterocycles. The average Bonchev–Trinajstić information content (AvgIpc) is 2.55. The highest BCUT2D eigenvalue weighted by Gasteiger charge is 2.11. The standard InChI is InChI=1S/C11H15ClN4/c1-8(12)7-15(3)11-10-6-9(2)14-16(10)5-4-13-11/h4-6,8H,7H2,1-3H3. The zero-order valence-electron chi connectivity index (χ0n) is 9.68. The van der Waals surface area contributed by atoms with Crippen molar-refractivity contribution in [3.05, 3.63) is 24.2 Å². The summed E-state index contributed by atoms with van der Waals surface area (Å²) >= 11 is 5.99. The quantitative estimate of drug-likeness (QED) is 0.768. The third-order valence-corrected chi connectivity index (χ3v) is 2.52. The van der Waals surface area contributed by atoms with Crippen molar-refractivity contribution in [1.29, 1.82) is 0 Å². The predicted molar refractivity (Wildman–Crippen MR) is 66.3 cm³/mol. The molecule has 16 heavy (non-hydrogen) atoms. The molecular weight excluding hydrogens is 224 g/mol. The number of hydrogen-bond donors (Lipinski definition) is 0. The largest absolute Gasteiger partial charge is 0.356 e. The first-order valence-corrected chi connectivity index (χ1v) is 5.68. The number of hydrogen-bond acceptors (Lipinski definition) is 3. The van der Waals surface area contributed by atoms with Gasteiger partial charge in [-0.1, -0.05) is 0 Å². The Balaban J connectivity index is 2.43. The van der Waals surface area contributed by atoms with Crippen molar-refractivity contribution in [2.75, 3.05) is 18.5 Å². The lowest BCUT2D eigenvalue weighted by molar-refractivity contribution is 0.835. The first kappa shape index (κ1) is 11.2. The van der Waals surface area contributed by atoms with Crippen LogP contribution in [0.15, 0.2) is 18.5 Å². The van der Waals surface area contributed by atoms with Crippen LogP contribution in [-0.4, -0.2) is 33.6 Å². The normalized spacial score (nSPS) is 13.0. The first-order valence-electron chi connectivity index (χ1n) is 5.24. The van der Waals surface area contributed by atoms with Crippen LogP contribution in [0.25, 0.3) is 5.52 Å². The van der Waals surface area contributed by atoms with E-state index in [1.807, 2.05) is 42.6 Å². The maximum absolute atomic E-state index is 5.99. The summed E-state index contributed by atoms with van der Waals surface area (Å²) in [5.41, 5.74) is 2.00. The minimum atomic E-state index is 0.0936. The zero-order valence-corrected chi connectivity index (χ0v) is 10.4. The van der Waals surface area contributed by atoms with Crippen molar-refractivity contribution in [1.82, 2.24) is 14.6 Å². The summed E-state index contributed by atoms with van der Waals surface area (Å²) in [5, 5.41) is 4.45. The molecule has 0 aromatic carbocycles. The van der Waals surface area contributed by atoms with E-state index >= 15 is 0 Å². The molecule has 2 rings (SSSR count). The van der Waals surface area contributed by atoms with E-state index in [-0.39, 0.29) is 5.38 Å². The van der Waals surface area contributed by atoms with Crippen LogP contribution < -0.4 is 4.90 Å². The van der Waals surface area contributed by atoms with E-state index < -0.39 is 0 Å². The van der Waals surface area contributed by atoms with Gasteiger partial charge in [-0.15, -0.1) is 11.6 Å². The van der Waals surface area contributed by atoms with Crippen LogP contribution in [0.5, 0.6) is 0 Å². The lowest BCUT2D eigenvalue weighted by Crippen LogP contribution is -2.25. The number of nitrogens with zero attached hydrogens (tertiary/aromatic N) is 4. The third-order valence-electron chi connectivity index (χ3n) is 2.38. The molecule has 0 aliphatic rings. The second-order valence-electron chi connectivity index (χ2n) is 4.03. The van der Waals surface area contributed by atoms with Gasteiger partial charge in [0.15, 0.2) is 5.82 Å². The molecule has 4 nitrogen and oxygen atoms in total. The number of alkyl halides is 1. The summed E-state index contributed by atoms with van der Waals surface area (Å²) in [6.45, 7) is 4.71. The van der Waals surface area contributed by atoms with Gasteiger partial charge < -0.3 is 4.90 Å². The lowest BCUT2D eigenvalue weighted by atomic mass is 10.3.